The van der Waals surface area contributed by atoms with Gasteiger partial charge in [0.1, 0.15) is 0 Å². The number of hydrogen-bond donors (Lipinski definition) is 1. The van der Waals surface area contributed by atoms with Crippen LogP contribution in [-0.4, -0.2) is 40.9 Å². The summed E-state index contributed by atoms with van der Waals surface area (Å²) in [6, 6.07) is 1.97. The van der Waals surface area contributed by atoms with E-state index in [9.17, 15) is 0 Å². The van der Waals surface area contributed by atoms with E-state index >= 15 is 0 Å². The molecule has 0 spiro atoms. The molecule has 1 aliphatic heterocycles. The first-order chi connectivity index (χ1) is 7.38. The normalized spacial score (nSPS) is 19.5. The van der Waals surface area contributed by atoms with Crippen molar-refractivity contribution in [2.45, 2.75) is 19.4 Å². The summed E-state index contributed by atoms with van der Waals surface area (Å²) in [7, 11) is 0. The summed E-state index contributed by atoms with van der Waals surface area (Å²) in [6.45, 7) is 5.36. The van der Waals surface area contributed by atoms with Crippen LogP contribution in [0, 0.1) is 5.92 Å². The third kappa shape index (κ3) is 3.04. The van der Waals surface area contributed by atoms with Crippen LogP contribution in [0.1, 0.15) is 12.8 Å². The topological polar surface area (TPSA) is 47.1 Å². The van der Waals surface area contributed by atoms with Crippen molar-refractivity contribution in [3.8, 4) is 0 Å². The Morgan fingerprint density at radius 1 is 1.27 bits per heavy atom. The van der Waals surface area contributed by atoms with Crippen molar-refractivity contribution in [2.24, 2.45) is 11.7 Å². The SMILES string of the molecule is NCC1CCN(CCn2cccn2)CC1. The second-order valence-electron chi connectivity index (χ2n) is 4.29. The maximum absolute atomic E-state index is 5.67. The maximum atomic E-state index is 5.67. The Kier molecular flexibility index (Phi) is 3.75. The molecule has 2 heterocycles. The number of piperidine rings is 1. The van der Waals surface area contributed by atoms with Gasteiger partial charge in [-0.3, -0.25) is 4.68 Å². The molecule has 1 aromatic rings. The van der Waals surface area contributed by atoms with Crippen LogP contribution in [0.3, 0.4) is 0 Å². The Bertz CT molecular complexity index is 262. The highest BCUT2D eigenvalue weighted by Crippen LogP contribution is 2.15. The Morgan fingerprint density at radius 3 is 2.67 bits per heavy atom. The van der Waals surface area contributed by atoms with Crippen molar-refractivity contribution in [1.82, 2.24) is 14.7 Å². The summed E-state index contributed by atoms with van der Waals surface area (Å²) in [5, 5.41) is 4.20. The van der Waals surface area contributed by atoms with E-state index < -0.39 is 0 Å². The van der Waals surface area contributed by atoms with Gasteiger partial charge in [0.25, 0.3) is 0 Å². The molecule has 0 bridgehead atoms. The van der Waals surface area contributed by atoms with E-state index in [0.717, 1.165) is 25.6 Å². The minimum Gasteiger partial charge on any atom is -0.330 e. The molecule has 1 fully saturated rings. The standard InChI is InChI=1S/C11H20N4/c12-10-11-2-6-14(7-3-11)8-9-15-5-1-4-13-15/h1,4-5,11H,2-3,6-10,12H2. The fraction of sp³-hybridized carbons (Fsp3) is 0.727. The molecule has 1 aromatic heterocycles. The molecule has 1 saturated heterocycles. The van der Waals surface area contributed by atoms with Gasteiger partial charge in [0, 0.05) is 18.9 Å². The first-order valence-electron chi connectivity index (χ1n) is 5.78. The predicted octanol–water partition coefficient (Wildman–Crippen LogP) is 0.554. The van der Waals surface area contributed by atoms with Gasteiger partial charge in [-0.2, -0.15) is 5.10 Å². The first kappa shape index (κ1) is 10.6. The number of nitrogens with zero attached hydrogens (tertiary/aromatic N) is 3. The summed E-state index contributed by atoms with van der Waals surface area (Å²) in [5.74, 6) is 0.756. The quantitative estimate of drug-likeness (QED) is 0.786. The number of likely N-dealkylation sites (tertiary alicyclic amines) is 1. The number of rotatable bonds is 4. The van der Waals surface area contributed by atoms with Gasteiger partial charge in [0.2, 0.25) is 0 Å². The molecule has 0 saturated carbocycles. The van der Waals surface area contributed by atoms with Crippen LogP contribution in [-0.2, 0) is 6.54 Å². The maximum Gasteiger partial charge on any atom is 0.0536 e. The first-order valence-corrected chi connectivity index (χ1v) is 5.78. The molecule has 0 atom stereocenters. The highest BCUT2D eigenvalue weighted by Gasteiger charge is 2.17. The average molecular weight is 208 g/mol. The zero-order valence-electron chi connectivity index (χ0n) is 9.18. The molecule has 0 aliphatic carbocycles. The van der Waals surface area contributed by atoms with Gasteiger partial charge in [0.05, 0.1) is 6.54 Å². The van der Waals surface area contributed by atoms with Gasteiger partial charge >= 0.3 is 0 Å². The van der Waals surface area contributed by atoms with E-state index in [2.05, 4.69) is 10.00 Å². The fourth-order valence-electron chi connectivity index (χ4n) is 2.12. The third-order valence-electron chi connectivity index (χ3n) is 3.25. The van der Waals surface area contributed by atoms with E-state index in [4.69, 9.17) is 5.73 Å². The smallest absolute Gasteiger partial charge is 0.0536 e. The predicted molar refractivity (Wildman–Crippen MR) is 60.4 cm³/mol. The van der Waals surface area contributed by atoms with E-state index in [0.29, 0.717) is 0 Å². The Hall–Kier alpha value is -0.870. The van der Waals surface area contributed by atoms with Crippen LogP contribution in [0.15, 0.2) is 18.5 Å². The van der Waals surface area contributed by atoms with Crippen LogP contribution in [0.5, 0.6) is 0 Å². The third-order valence-corrected chi connectivity index (χ3v) is 3.25. The van der Waals surface area contributed by atoms with Crippen LogP contribution >= 0.6 is 0 Å². The lowest BCUT2D eigenvalue weighted by atomic mass is 9.97. The molecule has 4 heteroatoms. The lowest BCUT2D eigenvalue weighted by molar-refractivity contribution is 0.180. The van der Waals surface area contributed by atoms with E-state index in [1.165, 1.54) is 25.9 Å². The number of hydrogen-bond acceptors (Lipinski definition) is 3. The van der Waals surface area contributed by atoms with Crippen molar-refractivity contribution < 1.29 is 0 Å². The molecule has 0 unspecified atom stereocenters. The Balaban J connectivity index is 1.69. The molecule has 84 valence electrons. The van der Waals surface area contributed by atoms with Gasteiger partial charge < -0.3 is 10.6 Å². The Morgan fingerprint density at radius 2 is 2.07 bits per heavy atom. The molecule has 0 amide bonds. The highest BCUT2D eigenvalue weighted by molar-refractivity contribution is 4.78. The van der Waals surface area contributed by atoms with E-state index in [1.54, 1.807) is 0 Å². The lowest BCUT2D eigenvalue weighted by Gasteiger charge is -2.31. The van der Waals surface area contributed by atoms with E-state index in [1.807, 2.05) is 23.1 Å². The molecule has 4 nitrogen and oxygen atoms in total. The molecule has 0 radical (unpaired) electrons. The van der Waals surface area contributed by atoms with Crippen molar-refractivity contribution in [2.75, 3.05) is 26.2 Å². The van der Waals surface area contributed by atoms with Gasteiger partial charge in [-0.05, 0) is 44.5 Å². The molecule has 1 aliphatic rings. The van der Waals surface area contributed by atoms with Crippen LogP contribution < -0.4 is 5.73 Å². The van der Waals surface area contributed by atoms with Gasteiger partial charge in [-0.1, -0.05) is 0 Å². The zero-order valence-corrected chi connectivity index (χ0v) is 9.18. The summed E-state index contributed by atoms with van der Waals surface area (Å²) in [4.78, 5) is 2.51. The van der Waals surface area contributed by atoms with Gasteiger partial charge in [-0.25, -0.2) is 0 Å². The van der Waals surface area contributed by atoms with Crippen molar-refractivity contribution in [1.29, 1.82) is 0 Å². The van der Waals surface area contributed by atoms with Crippen molar-refractivity contribution in [3.05, 3.63) is 18.5 Å². The largest absolute Gasteiger partial charge is 0.330 e. The van der Waals surface area contributed by atoms with Crippen LogP contribution in [0.4, 0.5) is 0 Å². The lowest BCUT2D eigenvalue weighted by Crippen LogP contribution is -2.37. The van der Waals surface area contributed by atoms with Gasteiger partial charge in [-0.15, -0.1) is 0 Å². The summed E-state index contributed by atoms with van der Waals surface area (Å²) < 4.78 is 2.00. The van der Waals surface area contributed by atoms with E-state index in [-0.39, 0.29) is 0 Å². The minimum absolute atomic E-state index is 0.756. The molecule has 15 heavy (non-hydrogen) atoms. The van der Waals surface area contributed by atoms with Crippen molar-refractivity contribution >= 4 is 0 Å². The van der Waals surface area contributed by atoms with Crippen LogP contribution in [0.25, 0.3) is 0 Å². The highest BCUT2D eigenvalue weighted by atomic mass is 15.3. The number of aromatic nitrogens is 2. The van der Waals surface area contributed by atoms with Crippen molar-refractivity contribution in [3.63, 3.8) is 0 Å². The zero-order chi connectivity index (χ0) is 10.5. The molecular formula is C11H20N4. The summed E-state index contributed by atoms with van der Waals surface area (Å²) in [6.07, 6.45) is 6.37. The average Bonchev–Trinajstić information content (AvgIpc) is 2.80. The second-order valence-corrected chi connectivity index (χ2v) is 4.29. The van der Waals surface area contributed by atoms with Gasteiger partial charge in [0.15, 0.2) is 0 Å². The number of nitrogens with two attached hydrogens (primary N) is 1. The Labute approximate surface area is 91.1 Å². The summed E-state index contributed by atoms with van der Waals surface area (Å²) in [5.41, 5.74) is 5.67. The molecular weight excluding hydrogens is 188 g/mol. The monoisotopic (exact) mass is 208 g/mol. The second kappa shape index (κ2) is 5.28. The minimum atomic E-state index is 0.756. The molecule has 2 N–H and O–H groups in total. The van der Waals surface area contributed by atoms with Crippen LogP contribution in [0.2, 0.25) is 0 Å². The fourth-order valence-corrected chi connectivity index (χ4v) is 2.12. The molecule has 2 rings (SSSR count). The molecule has 0 aromatic carbocycles. The summed E-state index contributed by atoms with van der Waals surface area (Å²) >= 11 is 0.